The molecule has 1 atom stereocenters. The Morgan fingerprint density at radius 1 is 1.56 bits per heavy atom. The van der Waals surface area contributed by atoms with Crippen molar-refractivity contribution in [2.45, 2.75) is 38.2 Å². The van der Waals surface area contributed by atoms with Crippen molar-refractivity contribution >= 4 is 11.3 Å². The summed E-state index contributed by atoms with van der Waals surface area (Å²) in [6, 6.07) is 0. The summed E-state index contributed by atoms with van der Waals surface area (Å²) >= 11 is 1.57. The van der Waals surface area contributed by atoms with Crippen LogP contribution >= 0.6 is 11.3 Å². The van der Waals surface area contributed by atoms with E-state index in [9.17, 15) is 5.11 Å². The molecule has 0 radical (unpaired) electrons. The second kappa shape index (κ2) is 4.43. The third-order valence-corrected chi connectivity index (χ3v) is 4.26. The Balaban J connectivity index is 2.12. The van der Waals surface area contributed by atoms with Crippen molar-refractivity contribution in [2.24, 2.45) is 0 Å². The van der Waals surface area contributed by atoms with E-state index < -0.39 is 5.60 Å². The highest BCUT2D eigenvalue weighted by Gasteiger charge is 2.25. The highest BCUT2D eigenvalue weighted by atomic mass is 32.1. The van der Waals surface area contributed by atoms with E-state index in [4.69, 9.17) is 0 Å². The van der Waals surface area contributed by atoms with E-state index in [1.807, 2.05) is 0 Å². The number of nitrogens with zero attached hydrogens (tertiary/aromatic N) is 2. The molecule has 1 aromatic heterocycles. The van der Waals surface area contributed by atoms with Gasteiger partial charge in [-0.25, -0.2) is 4.98 Å². The van der Waals surface area contributed by atoms with Crippen molar-refractivity contribution in [3.05, 3.63) is 16.1 Å². The van der Waals surface area contributed by atoms with Crippen LogP contribution in [0.25, 0.3) is 0 Å². The zero-order valence-electron chi connectivity index (χ0n) is 10.2. The van der Waals surface area contributed by atoms with Gasteiger partial charge in [0.05, 0.1) is 5.69 Å². The summed E-state index contributed by atoms with van der Waals surface area (Å²) in [7, 11) is 2.16. The number of piperidine rings is 1. The summed E-state index contributed by atoms with van der Waals surface area (Å²) in [4.78, 5) is 6.94. The molecule has 1 unspecified atom stereocenters. The summed E-state index contributed by atoms with van der Waals surface area (Å²) in [5.41, 5.74) is 0.359. The highest BCUT2D eigenvalue weighted by molar-refractivity contribution is 7.09. The van der Waals surface area contributed by atoms with Crippen LogP contribution in [0.2, 0.25) is 0 Å². The largest absolute Gasteiger partial charge is 0.383 e. The molecule has 16 heavy (non-hydrogen) atoms. The van der Waals surface area contributed by atoms with Gasteiger partial charge in [-0.3, -0.25) is 0 Å². The van der Waals surface area contributed by atoms with Gasteiger partial charge in [0.15, 0.2) is 0 Å². The average molecular weight is 240 g/mol. The number of likely N-dealkylation sites (tertiary alicyclic amines) is 1. The summed E-state index contributed by atoms with van der Waals surface area (Å²) < 4.78 is 0. The van der Waals surface area contributed by atoms with E-state index in [0.29, 0.717) is 5.92 Å². The minimum atomic E-state index is -0.802. The fraction of sp³-hybridized carbons (Fsp3) is 0.750. The van der Waals surface area contributed by atoms with Gasteiger partial charge >= 0.3 is 0 Å². The molecule has 1 aliphatic rings. The Labute approximate surface area is 101 Å². The van der Waals surface area contributed by atoms with Gasteiger partial charge in [0.2, 0.25) is 0 Å². The quantitative estimate of drug-likeness (QED) is 0.861. The Bertz CT molecular complexity index is 356. The standard InChI is InChI=1S/C12H20N2OS/c1-12(2,15)11-13-10(8-16-11)9-5-4-6-14(3)7-9/h8-9,15H,4-7H2,1-3H3. The van der Waals surface area contributed by atoms with E-state index in [2.05, 4.69) is 22.3 Å². The first-order valence-corrected chi connectivity index (χ1v) is 6.71. The highest BCUT2D eigenvalue weighted by Crippen LogP contribution is 2.30. The van der Waals surface area contributed by atoms with Crippen LogP contribution in [0, 0.1) is 0 Å². The summed E-state index contributed by atoms with van der Waals surface area (Å²) in [6.07, 6.45) is 2.47. The third kappa shape index (κ3) is 2.62. The molecule has 1 N–H and O–H groups in total. The first-order valence-electron chi connectivity index (χ1n) is 5.83. The summed E-state index contributed by atoms with van der Waals surface area (Å²) in [5.74, 6) is 0.547. The van der Waals surface area contributed by atoms with Crippen LogP contribution in [0.5, 0.6) is 0 Å². The fourth-order valence-corrected chi connectivity index (χ4v) is 3.09. The first kappa shape index (κ1) is 12.0. The predicted molar refractivity (Wildman–Crippen MR) is 66.8 cm³/mol. The molecule has 0 amide bonds. The zero-order valence-corrected chi connectivity index (χ0v) is 11.0. The first-order chi connectivity index (χ1) is 7.47. The molecule has 90 valence electrons. The van der Waals surface area contributed by atoms with Gasteiger partial charge in [-0.1, -0.05) is 0 Å². The Kier molecular flexibility index (Phi) is 3.33. The molecule has 4 heteroatoms. The Morgan fingerprint density at radius 3 is 2.88 bits per heavy atom. The number of aromatic nitrogens is 1. The van der Waals surface area contributed by atoms with Gasteiger partial charge in [0.1, 0.15) is 10.6 Å². The maximum absolute atomic E-state index is 9.89. The number of likely N-dealkylation sites (N-methyl/N-ethyl adjacent to an activating group) is 1. The molecule has 0 spiro atoms. The van der Waals surface area contributed by atoms with E-state index in [0.717, 1.165) is 17.2 Å². The molecule has 0 bridgehead atoms. The second-order valence-electron chi connectivity index (χ2n) is 5.24. The van der Waals surface area contributed by atoms with E-state index in [1.165, 1.54) is 19.4 Å². The molecule has 2 rings (SSSR count). The zero-order chi connectivity index (χ0) is 11.8. The molecular weight excluding hydrogens is 220 g/mol. The minimum absolute atomic E-state index is 0.547. The van der Waals surface area contributed by atoms with E-state index in [1.54, 1.807) is 25.2 Å². The molecular formula is C12H20N2OS. The molecule has 0 saturated carbocycles. The lowest BCUT2D eigenvalue weighted by atomic mass is 9.96. The van der Waals surface area contributed by atoms with Crippen LogP contribution in [0.3, 0.4) is 0 Å². The number of aliphatic hydroxyl groups is 1. The normalized spacial score (nSPS) is 23.6. The van der Waals surface area contributed by atoms with Crippen LogP contribution in [0.4, 0.5) is 0 Å². The maximum atomic E-state index is 9.89. The molecule has 1 aliphatic heterocycles. The SMILES string of the molecule is CN1CCCC(c2csc(C(C)(C)O)n2)C1. The lowest BCUT2D eigenvalue weighted by Crippen LogP contribution is -2.31. The monoisotopic (exact) mass is 240 g/mol. The lowest BCUT2D eigenvalue weighted by Gasteiger charge is -2.28. The van der Waals surface area contributed by atoms with E-state index >= 15 is 0 Å². The molecule has 2 heterocycles. The maximum Gasteiger partial charge on any atom is 0.124 e. The topological polar surface area (TPSA) is 36.4 Å². The van der Waals surface area contributed by atoms with Crippen LogP contribution in [0.15, 0.2) is 5.38 Å². The minimum Gasteiger partial charge on any atom is -0.383 e. The number of hydrogen-bond donors (Lipinski definition) is 1. The summed E-state index contributed by atoms with van der Waals surface area (Å²) in [5, 5.41) is 12.8. The average Bonchev–Trinajstić information content (AvgIpc) is 2.65. The van der Waals surface area contributed by atoms with Gasteiger partial charge in [-0.2, -0.15) is 0 Å². The van der Waals surface area contributed by atoms with E-state index in [-0.39, 0.29) is 0 Å². The Morgan fingerprint density at radius 2 is 2.31 bits per heavy atom. The molecule has 0 aromatic carbocycles. The second-order valence-corrected chi connectivity index (χ2v) is 6.10. The van der Waals surface area contributed by atoms with Crippen molar-refractivity contribution < 1.29 is 5.11 Å². The van der Waals surface area contributed by atoms with Gasteiger partial charge in [-0.15, -0.1) is 11.3 Å². The van der Waals surface area contributed by atoms with Crippen LogP contribution in [-0.4, -0.2) is 35.1 Å². The van der Waals surface area contributed by atoms with Crippen molar-refractivity contribution in [3.63, 3.8) is 0 Å². The van der Waals surface area contributed by atoms with Crippen LogP contribution < -0.4 is 0 Å². The van der Waals surface area contributed by atoms with Gasteiger partial charge in [0.25, 0.3) is 0 Å². The van der Waals surface area contributed by atoms with Gasteiger partial charge in [-0.05, 0) is 40.3 Å². The number of hydrogen-bond acceptors (Lipinski definition) is 4. The predicted octanol–water partition coefficient (Wildman–Crippen LogP) is 2.18. The number of rotatable bonds is 2. The molecule has 3 nitrogen and oxygen atoms in total. The fourth-order valence-electron chi connectivity index (χ4n) is 2.16. The number of thiazole rings is 1. The van der Waals surface area contributed by atoms with Gasteiger partial charge < -0.3 is 10.0 Å². The molecule has 1 fully saturated rings. The van der Waals surface area contributed by atoms with Crippen LogP contribution in [0.1, 0.15) is 43.3 Å². The van der Waals surface area contributed by atoms with Crippen molar-refractivity contribution in [1.29, 1.82) is 0 Å². The Hall–Kier alpha value is -0.450. The molecule has 0 aliphatic carbocycles. The van der Waals surface area contributed by atoms with Crippen LogP contribution in [-0.2, 0) is 5.60 Å². The van der Waals surface area contributed by atoms with Gasteiger partial charge in [0, 0.05) is 17.8 Å². The smallest absolute Gasteiger partial charge is 0.124 e. The lowest BCUT2D eigenvalue weighted by molar-refractivity contribution is 0.0779. The van der Waals surface area contributed by atoms with Crippen molar-refractivity contribution in [1.82, 2.24) is 9.88 Å². The van der Waals surface area contributed by atoms with Crippen molar-refractivity contribution in [2.75, 3.05) is 20.1 Å². The third-order valence-electron chi connectivity index (χ3n) is 3.09. The summed E-state index contributed by atoms with van der Waals surface area (Å²) in [6.45, 7) is 5.87. The van der Waals surface area contributed by atoms with Crippen molar-refractivity contribution in [3.8, 4) is 0 Å². The molecule has 1 aromatic rings. The molecule has 1 saturated heterocycles.